The van der Waals surface area contributed by atoms with Crippen LogP contribution < -0.4 is 5.73 Å². The Kier molecular flexibility index (Phi) is 4.02. The second-order valence-corrected chi connectivity index (χ2v) is 5.63. The number of carboxylic acid groups (broad SMARTS) is 1. The lowest BCUT2D eigenvalue weighted by Gasteiger charge is -2.13. The van der Waals surface area contributed by atoms with E-state index < -0.39 is 50.4 Å². The number of hydrogen-bond donors (Lipinski definition) is 2. The molecule has 0 spiro atoms. The van der Waals surface area contributed by atoms with Crippen molar-refractivity contribution in [2.45, 2.75) is 10.8 Å². The van der Waals surface area contributed by atoms with Crippen LogP contribution in [-0.2, 0) is 14.6 Å². The lowest BCUT2D eigenvalue weighted by molar-refractivity contribution is -0.138. The largest absolute Gasteiger partial charge is 0.481 e. The Morgan fingerprint density at radius 1 is 1.44 bits per heavy atom. The summed E-state index contributed by atoms with van der Waals surface area (Å²) in [4.78, 5) is 9.70. The number of aliphatic carboxylic acids is 1. The molecule has 0 aliphatic rings. The van der Waals surface area contributed by atoms with Crippen LogP contribution in [0.1, 0.15) is 11.5 Å². The summed E-state index contributed by atoms with van der Waals surface area (Å²) in [6, 6.07) is 1.59. The molecule has 100 valence electrons. The van der Waals surface area contributed by atoms with Crippen LogP contribution in [0.4, 0.5) is 8.78 Å². The van der Waals surface area contributed by atoms with Crippen molar-refractivity contribution in [2.75, 3.05) is 12.8 Å². The fourth-order valence-corrected chi connectivity index (χ4v) is 2.38. The highest BCUT2D eigenvalue weighted by Crippen LogP contribution is 2.26. The lowest BCUT2D eigenvalue weighted by Crippen LogP contribution is -2.23. The average molecular weight is 279 g/mol. The Balaban J connectivity index is 3.56. The van der Waals surface area contributed by atoms with E-state index >= 15 is 0 Å². The number of sulfone groups is 1. The van der Waals surface area contributed by atoms with Crippen molar-refractivity contribution in [3.8, 4) is 0 Å². The zero-order valence-corrected chi connectivity index (χ0v) is 10.2. The topological polar surface area (TPSA) is 97.5 Å². The Bertz CT molecular complexity index is 586. The molecule has 1 atom stereocenters. The van der Waals surface area contributed by atoms with Gasteiger partial charge in [-0.1, -0.05) is 6.07 Å². The summed E-state index contributed by atoms with van der Waals surface area (Å²) < 4.78 is 49.7. The minimum atomic E-state index is -4.14. The molecule has 0 aromatic heterocycles. The maximum atomic E-state index is 13.9. The second-order valence-electron chi connectivity index (χ2n) is 3.68. The van der Waals surface area contributed by atoms with Gasteiger partial charge in [0.1, 0.15) is 16.5 Å². The minimum absolute atomic E-state index is 0.429. The number of carboxylic acids is 1. The van der Waals surface area contributed by atoms with Crippen molar-refractivity contribution in [1.29, 1.82) is 0 Å². The Labute approximate surface area is 102 Å². The Morgan fingerprint density at radius 3 is 2.39 bits per heavy atom. The molecule has 0 heterocycles. The number of halogens is 2. The molecular formula is C10H11F2NO4S. The summed E-state index contributed by atoms with van der Waals surface area (Å²) in [5, 5.41) is 8.82. The first-order valence-electron chi connectivity index (χ1n) is 4.81. The maximum Gasteiger partial charge on any atom is 0.312 e. The van der Waals surface area contributed by atoms with Gasteiger partial charge in [0.2, 0.25) is 0 Å². The zero-order chi connectivity index (χ0) is 14.1. The van der Waals surface area contributed by atoms with Gasteiger partial charge < -0.3 is 10.8 Å². The van der Waals surface area contributed by atoms with Crippen molar-refractivity contribution in [3.05, 3.63) is 29.3 Å². The monoisotopic (exact) mass is 279 g/mol. The van der Waals surface area contributed by atoms with E-state index in [2.05, 4.69) is 0 Å². The number of benzene rings is 1. The van der Waals surface area contributed by atoms with Crippen molar-refractivity contribution in [2.24, 2.45) is 5.73 Å². The van der Waals surface area contributed by atoms with E-state index in [1.54, 1.807) is 0 Å². The van der Waals surface area contributed by atoms with Crippen LogP contribution in [0.5, 0.6) is 0 Å². The van der Waals surface area contributed by atoms with Crippen LogP contribution in [0.3, 0.4) is 0 Å². The van der Waals surface area contributed by atoms with Gasteiger partial charge >= 0.3 is 5.97 Å². The van der Waals surface area contributed by atoms with Gasteiger partial charge in [-0.25, -0.2) is 17.2 Å². The zero-order valence-electron chi connectivity index (χ0n) is 9.35. The molecule has 1 unspecified atom stereocenters. The predicted molar refractivity (Wildman–Crippen MR) is 58.9 cm³/mol. The summed E-state index contributed by atoms with van der Waals surface area (Å²) in [5.74, 6) is -5.51. The molecule has 0 radical (unpaired) electrons. The molecule has 1 aromatic carbocycles. The van der Waals surface area contributed by atoms with Gasteiger partial charge in [-0.05, 0) is 6.07 Å². The summed E-state index contributed by atoms with van der Waals surface area (Å²) >= 11 is 0. The van der Waals surface area contributed by atoms with Crippen molar-refractivity contribution >= 4 is 15.8 Å². The average Bonchev–Trinajstić information content (AvgIpc) is 2.19. The third-order valence-electron chi connectivity index (χ3n) is 2.36. The first-order chi connectivity index (χ1) is 8.20. The second kappa shape index (κ2) is 4.99. The third-order valence-corrected chi connectivity index (χ3v) is 3.47. The molecule has 0 aliphatic heterocycles. The van der Waals surface area contributed by atoms with E-state index in [0.717, 1.165) is 6.07 Å². The van der Waals surface area contributed by atoms with E-state index in [4.69, 9.17) is 10.8 Å². The van der Waals surface area contributed by atoms with Crippen LogP contribution in [0.15, 0.2) is 17.0 Å². The SMILES string of the molecule is CS(=O)(=O)c1c(F)ccc(C(CN)C(=O)O)c1F. The maximum absolute atomic E-state index is 13.9. The van der Waals surface area contributed by atoms with Crippen LogP contribution >= 0.6 is 0 Å². The Hall–Kier alpha value is -1.54. The molecule has 8 heteroatoms. The molecule has 0 aliphatic carbocycles. The molecule has 0 fully saturated rings. The van der Waals surface area contributed by atoms with E-state index in [1.165, 1.54) is 0 Å². The molecule has 0 bridgehead atoms. The van der Waals surface area contributed by atoms with Crippen molar-refractivity contribution < 1.29 is 27.1 Å². The van der Waals surface area contributed by atoms with Gasteiger partial charge in [0.25, 0.3) is 0 Å². The molecule has 0 amide bonds. The summed E-state index contributed by atoms with van der Waals surface area (Å²) in [6.45, 7) is -0.429. The van der Waals surface area contributed by atoms with Gasteiger partial charge in [-0.3, -0.25) is 4.79 Å². The third kappa shape index (κ3) is 2.65. The first kappa shape index (κ1) is 14.5. The van der Waals surface area contributed by atoms with Gasteiger partial charge in [-0.15, -0.1) is 0 Å². The van der Waals surface area contributed by atoms with E-state index in [-0.39, 0.29) is 0 Å². The minimum Gasteiger partial charge on any atom is -0.481 e. The summed E-state index contributed by atoms with van der Waals surface area (Å²) in [6.07, 6.45) is 0.635. The van der Waals surface area contributed by atoms with E-state index in [1.807, 2.05) is 0 Å². The molecule has 0 saturated carbocycles. The molecule has 5 nitrogen and oxygen atoms in total. The molecule has 3 N–H and O–H groups in total. The fourth-order valence-electron chi connectivity index (χ4n) is 1.52. The van der Waals surface area contributed by atoms with Crippen LogP contribution in [0.2, 0.25) is 0 Å². The molecule has 1 aromatic rings. The number of rotatable bonds is 4. The highest BCUT2D eigenvalue weighted by Gasteiger charge is 2.28. The van der Waals surface area contributed by atoms with Crippen LogP contribution in [0.25, 0.3) is 0 Å². The summed E-state index contributed by atoms with van der Waals surface area (Å²) in [5.41, 5.74) is 4.73. The molecular weight excluding hydrogens is 268 g/mol. The van der Waals surface area contributed by atoms with Gasteiger partial charge in [0.05, 0.1) is 5.92 Å². The van der Waals surface area contributed by atoms with E-state index in [0.29, 0.717) is 12.3 Å². The molecule has 1 rings (SSSR count). The van der Waals surface area contributed by atoms with Gasteiger partial charge in [-0.2, -0.15) is 0 Å². The van der Waals surface area contributed by atoms with Gasteiger partial charge in [0, 0.05) is 18.4 Å². The fraction of sp³-hybridized carbons (Fsp3) is 0.300. The summed E-state index contributed by atoms with van der Waals surface area (Å²) in [7, 11) is -4.14. The standard InChI is InChI=1S/C10H11F2NO4S/c1-18(16,17)9-7(11)3-2-5(8(9)12)6(4-13)10(14)15/h2-3,6H,4,13H2,1H3,(H,14,15). The molecule has 0 saturated heterocycles. The predicted octanol–water partition coefficient (Wildman–Crippen LogP) is 0.495. The van der Waals surface area contributed by atoms with Crippen LogP contribution in [-0.4, -0.2) is 32.3 Å². The highest BCUT2D eigenvalue weighted by molar-refractivity contribution is 7.90. The first-order valence-corrected chi connectivity index (χ1v) is 6.70. The number of carbonyl (C=O) groups is 1. The normalized spacial score (nSPS) is 13.3. The number of nitrogens with two attached hydrogens (primary N) is 1. The van der Waals surface area contributed by atoms with Crippen LogP contribution in [0, 0.1) is 11.6 Å². The van der Waals surface area contributed by atoms with Crippen molar-refractivity contribution in [3.63, 3.8) is 0 Å². The van der Waals surface area contributed by atoms with Gasteiger partial charge in [0.15, 0.2) is 9.84 Å². The number of hydrogen-bond acceptors (Lipinski definition) is 4. The Morgan fingerprint density at radius 2 is 2.00 bits per heavy atom. The quantitative estimate of drug-likeness (QED) is 0.836. The van der Waals surface area contributed by atoms with Crippen molar-refractivity contribution in [1.82, 2.24) is 0 Å². The smallest absolute Gasteiger partial charge is 0.312 e. The lowest BCUT2D eigenvalue weighted by atomic mass is 9.99. The van der Waals surface area contributed by atoms with E-state index in [9.17, 15) is 22.0 Å². The highest BCUT2D eigenvalue weighted by atomic mass is 32.2. The molecule has 18 heavy (non-hydrogen) atoms.